The second-order valence-corrected chi connectivity index (χ2v) is 5.17. The molecule has 1 heterocycles. The molecule has 2 amide bonds. The van der Waals surface area contributed by atoms with Gasteiger partial charge in [-0.25, -0.2) is 0 Å². The summed E-state index contributed by atoms with van der Waals surface area (Å²) in [6.45, 7) is 1.68. The zero-order valence-electron chi connectivity index (χ0n) is 11.7. The van der Waals surface area contributed by atoms with Crippen LogP contribution in [0, 0.1) is 0 Å². The standard InChI is InChI=1S/C14H17N3O3S/c1-16-6-7-17(14(19)13(16)18)8-9-20-11-5-3-2-4-10(11)12(15)21/h2-5H,6-9H2,1H3,(H2,15,21). The monoisotopic (exact) mass is 307 g/mol. The minimum atomic E-state index is -0.491. The minimum Gasteiger partial charge on any atom is -0.491 e. The van der Waals surface area contributed by atoms with Gasteiger partial charge in [0, 0.05) is 20.1 Å². The minimum absolute atomic E-state index is 0.261. The maximum absolute atomic E-state index is 11.8. The summed E-state index contributed by atoms with van der Waals surface area (Å²) in [4.78, 5) is 26.5. The molecule has 0 unspecified atom stereocenters. The molecule has 0 atom stereocenters. The number of likely N-dealkylation sites (N-methyl/N-ethyl adjacent to an activating group) is 1. The van der Waals surface area contributed by atoms with E-state index in [0.717, 1.165) is 0 Å². The van der Waals surface area contributed by atoms with Gasteiger partial charge >= 0.3 is 11.8 Å². The number of ether oxygens (including phenoxy) is 1. The van der Waals surface area contributed by atoms with E-state index >= 15 is 0 Å². The lowest BCUT2D eigenvalue weighted by Crippen LogP contribution is -2.53. The van der Waals surface area contributed by atoms with Gasteiger partial charge in [0.05, 0.1) is 12.1 Å². The van der Waals surface area contributed by atoms with Crippen molar-refractivity contribution in [3.8, 4) is 5.75 Å². The highest BCUT2D eigenvalue weighted by Gasteiger charge is 2.29. The molecular formula is C14H17N3O3S. The number of benzene rings is 1. The van der Waals surface area contributed by atoms with Gasteiger partial charge in [-0.3, -0.25) is 9.59 Å². The van der Waals surface area contributed by atoms with Gasteiger partial charge in [-0.05, 0) is 12.1 Å². The van der Waals surface area contributed by atoms with E-state index in [2.05, 4.69) is 0 Å². The van der Waals surface area contributed by atoms with Crippen molar-refractivity contribution in [2.24, 2.45) is 5.73 Å². The van der Waals surface area contributed by atoms with E-state index in [1.807, 2.05) is 12.1 Å². The first-order valence-corrected chi connectivity index (χ1v) is 6.97. The number of para-hydroxylation sites is 1. The summed E-state index contributed by atoms with van der Waals surface area (Å²) in [5.41, 5.74) is 6.28. The molecule has 2 N–H and O–H groups in total. The molecule has 21 heavy (non-hydrogen) atoms. The van der Waals surface area contributed by atoms with Gasteiger partial charge in [0.25, 0.3) is 0 Å². The van der Waals surface area contributed by atoms with E-state index in [0.29, 0.717) is 30.9 Å². The van der Waals surface area contributed by atoms with Crippen LogP contribution < -0.4 is 10.5 Å². The zero-order chi connectivity index (χ0) is 15.4. The molecule has 1 aliphatic rings. The first-order chi connectivity index (χ1) is 10.0. The zero-order valence-corrected chi connectivity index (χ0v) is 12.6. The average Bonchev–Trinajstić information content (AvgIpc) is 2.47. The van der Waals surface area contributed by atoms with Crippen molar-refractivity contribution in [1.82, 2.24) is 9.80 Å². The second kappa shape index (κ2) is 6.53. The lowest BCUT2D eigenvalue weighted by Gasteiger charge is -2.31. The summed E-state index contributed by atoms with van der Waals surface area (Å²) >= 11 is 4.96. The van der Waals surface area contributed by atoms with Gasteiger partial charge in [-0.15, -0.1) is 0 Å². The molecule has 0 radical (unpaired) electrons. The average molecular weight is 307 g/mol. The van der Waals surface area contributed by atoms with Crippen LogP contribution in [0.4, 0.5) is 0 Å². The Morgan fingerprint density at radius 1 is 1.29 bits per heavy atom. The van der Waals surface area contributed by atoms with Crippen molar-refractivity contribution in [3.63, 3.8) is 0 Å². The van der Waals surface area contributed by atoms with Crippen LogP contribution in [0.15, 0.2) is 24.3 Å². The van der Waals surface area contributed by atoms with Crippen LogP contribution >= 0.6 is 12.2 Å². The first kappa shape index (κ1) is 15.2. The molecule has 112 valence electrons. The molecule has 2 rings (SSSR count). The number of nitrogens with zero attached hydrogens (tertiary/aromatic N) is 2. The predicted molar refractivity (Wildman–Crippen MR) is 82.0 cm³/mol. The molecule has 1 aromatic carbocycles. The Balaban J connectivity index is 1.92. The van der Waals surface area contributed by atoms with Crippen LogP contribution in [-0.4, -0.2) is 59.9 Å². The van der Waals surface area contributed by atoms with Crippen molar-refractivity contribution >= 4 is 29.0 Å². The fourth-order valence-corrected chi connectivity index (χ4v) is 2.22. The Hall–Kier alpha value is -2.15. The second-order valence-electron chi connectivity index (χ2n) is 4.73. The van der Waals surface area contributed by atoms with Crippen LogP contribution in [0.3, 0.4) is 0 Å². The van der Waals surface area contributed by atoms with Crippen LogP contribution in [0.5, 0.6) is 5.75 Å². The van der Waals surface area contributed by atoms with Gasteiger partial charge in [0.15, 0.2) is 0 Å². The van der Waals surface area contributed by atoms with Gasteiger partial charge in [0.2, 0.25) is 0 Å². The van der Waals surface area contributed by atoms with E-state index in [-0.39, 0.29) is 11.6 Å². The quantitative estimate of drug-likeness (QED) is 0.612. The topological polar surface area (TPSA) is 75.9 Å². The van der Waals surface area contributed by atoms with Gasteiger partial charge < -0.3 is 20.3 Å². The molecule has 1 aliphatic heterocycles. The molecule has 6 nitrogen and oxygen atoms in total. The maximum Gasteiger partial charge on any atom is 0.312 e. The van der Waals surface area contributed by atoms with E-state index in [9.17, 15) is 9.59 Å². The van der Waals surface area contributed by atoms with Gasteiger partial charge in [-0.2, -0.15) is 0 Å². The predicted octanol–water partition coefficient (Wildman–Crippen LogP) is 0.000200. The van der Waals surface area contributed by atoms with Gasteiger partial charge in [0.1, 0.15) is 17.3 Å². The summed E-state index contributed by atoms with van der Waals surface area (Å²) in [7, 11) is 1.62. The number of carbonyl (C=O) groups excluding carboxylic acids is 2. The molecule has 7 heteroatoms. The molecule has 0 aliphatic carbocycles. The highest BCUT2D eigenvalue weighted by molar-refractivity contribution is 7.80. The Morgan fingerprint density at radius 2 is 2.00 bits per heavy atom. The van der Waals surface area contributed by atoms with Crippen LogP contribution in [0.25, 0.3) is 0 Å². The summed E-state index contributed by atoms with van der Waals surface area (Å²) in [6, 6.07) is 7.19. The van der Waals surface area contributed by atoms with Crippen molar-refractivity contribution in [3.05, 3.63) is 29.8 Å². The molecule has 1 saturated heterocycles. The Morgan fingerprint density at radius 3 is 2.71 bits per heavy atom. The lowest BCUT2D eigenvalue weighted by molar-refractivity contribution is -0.155. The number of carbonyl (C=O) groups is 2. The summed E-state index contributed by atoms with van der Waals surface area (Å²) in [6.07, 6.45) is 0. The fraction of sp³-hybridized carbons (Fsp3) is 0.357. The van der Waals surface area contributed by atoms with E-state index in [4.69, 9.17) is 22.7 Å². The third kappa shape index (κ3) is 3.49. The number of hydrogen-bond acceptors (Lipinski definition) is 4. The highest BCUT2D eigenvalue weighted by atomic mass is 32.1. The first-order valence-electron chi connectivity index (χ1n) is 6.56. The number of amides is 2. The Kier molecular flexibility index (Phi) is 4.74. The third-order valence-electron chi connectivity index (χ3n) is 3.29. The van der Waals surface area contributed by atoms with Crippen molar-refractivity contribution < 1.29 is 14.3 Å². The number of hydrogen-bond donors (Lipinski definition) is 1. The molecule has 0 saturated carbocycles. The van der Waals surface area contributed by atoms with Crippen LogP contribution in [0.2, 0.25) is 0 Å². The van der Waals surface area contributed by atoms with Crippen LogP contribution in [0.1, 0.15) is 5.56 Å². The summed E-state index contributed by atoms with van der Waals surface area (Å²) in [5, 5.41) is 0. The van der Waals surface area contributed by atoms with Crippen molar-refractivity contribution in [2.75, 3.05) is 33.3 Å². The molecule has 0 spiro atoms. The highest BCUT2D eigenvalue weighted by Crippen LogP contribution is 2.17. The molecular weight excluding hydrogens is 290 g/mol. The number of piperazine rings is 1. The summed E-state index contributed by atoms with van der Waals surface area (Å²) < 4.78 is 5.63. The SMILES string of the molecule is CN1CCN(CCOc2ccccc2C(N)=S)C(=O)C1=O. The largest absolute Gasteiger partial charge is 0.491 e. The van der Waals surface area contributed by atoms with Crippen molar-refractivity contribution in [2.45, 2.75) is 0 Å². The molecule has 1 fully saturated rings. The van der Waals surface area contributed by atoms with Gasteiger partial charge in [-0.1, -0.05) is 24.4 Å². The third-order valence-corrected chi connectivity index (χ3v) is 3.51. The maximum atomic E-state index is 11.8. The number of nitrogens with two attached hydrogens (primary N) is 1. The van der Waals surface area contributed by atoms with E-state index in [1.165, 1.54) is 9.80 Å². The van der Waals surface area contributed by atoms with Crippen LogP contribution in [-0.2, 0) is 9.59 Å². The smallest absolute Gasteiger partial charge is 0.312 e. The number of rotatable bonds is 5. The molecule has 0 bridgehead atoms. The van der Waals surface area contributed by atoms with Crippen molar-refractivity contribution in [1.29, 1.82) is 0 Å². The lowest BCUT2D eigenvalue weighted by atomic mass is 10.2. The van der Waals surface area contributed by atoms with E-state index in [1.54, 1.807) is 19.2 Å². The number of thiocarbonyl (C=S) groups is 1. The Labute approximate surface area is 128 Å². The van der Waals surface area contributed by atoms with E-state index < -0.39 is 11.8 Å². The normalized spacial score (nSPS) is 15.3. The molecule has 0 aromatic heterocycles. The molecule has 1 aromatic rings. The Bertz CT molecular complexity index is 576. The fourth-order valence-electron chi connectivity index (χ4n) is 2.05. The summed E-state index contributed by atoms with van der Waals surface area (Å²) in [5.74, 6) is -0.391.